The zero-order chi connectivity index (χ0) is 31.3. The molecule has 0 bridgehead atoms. The van der Waals surface area contributed by atoms with Crippen LogP contribution in [-0.4, -0.2) is 14.1 Å². The van der Waals surface area contributed by atoms with Crippen LogP contribution in [0, 0.1) is 0 Å². The number of fused-ring (bicyclic) bond motifs is 16. The zero-order valence-electron chi connectivity index (χ0n) is 25.9. The van der Waals surface area contributed by atoms with Crippen molar-refractivity contribution in [3.8, 4) is 11.4 Å². The number of hydrogen-bond acceptors (Lipinski definition) is 1. The molecule has 11 rings (SSSR count). The molecule has 3 heterocycles. The Bertz CT molecular complexity index is 3070. The second kappa shape index (κ2) is 9.54. The molecule has 0 amide bonds. The fourth-order valence-corrected chi connectivity index (χ4v) is 8.40. The van der Waals surface area contributed by atoms with E-state index in [0.717, 1.165) is 16.9 Å². The quantitative estimate of drug-likeness (QED) is 0.179. The smallest absolute Gasteiger partial charge is 0.0811 e. The Morgan fingerprint density at radius 2 is 0.812 bits per heavy atom. The Morgan fingerprint density at radius 1 is 0.333 bits per heavy atom. The number of benzene rings is 8. The molecule has 11 aromatic rings. The number of pyridine rings is 1. The molecule has 3 nitrogen and oxygen atoms in total. The second-order valence-corrected chi connectivity index (χ2v) is 12.7. The predicted molar refractivity (Wildman–Crippen MR) is 203 cm³/mol. The van der Waals surface area contributed by atoms with Crippen molar-refractivity contribution >= 4 is 86.8 Å². The minimum Gasteiger partial charge on any atom is -0.307 e. The fraction of sp³-hybridized carbons (Fsp3) is 0. The van der Waals surface area contributed by atoms with Gasteiger partial charge >= 0.3 is 0 Å². The molecule has 0 atom stereocenters. The van der Waals surface area contributed by atoms with E-state index in [1.807, 2.05) is 6.20 Å². The standard InChI is InChI=1S/C45H27N3/c1-2-13-28(14-3-1)47-40-23-11-9-20-36(40)42-43-37(21-12-26-46-43)41-35-19-8-10-22-39(35)48(44(41)45(42)47)29-24-25-34-32-17-5-4-15-30(32)31-16-6-7-18-33(31)38(34)27-29/h1-27H. The van der Waals surface area contributed by atoms with Gasteiger partial charge in [-0.15, -0.1) is 0 Å². The van der Waals surface area contributed by atoms with E-state index in [-0.39, 0.29) is 0 Å². The number of rotatable bonds is 2. The number of hydrogen-bond donors (Lipinski definition) is 0. The normalized spacial score (nSPS) is 12.2. The third kappa shape index (κ3) is 3.30. The lowest BCUT2D eigenvalue weighted by molar-refractivity contribution is 1.15. The molecule has 48 heavy (non-hydrogen) atoms. The first kappa shape index (κ1) is 25.7. The van der Waals surface area contributed by atoms with Crippen LogP contribution in [0.2, 0.25) is 0 Å². The maximum atomic E-state index is 5.09. The molecule has 0 spiro atoms. The van der Waals surface area contributed by atoms with Gasteiger partial charge in [0.1, 0.15) is 0 Å². The lowest BCUT2D eigenvalue weighted by Gasteiger charge is -2.15. The van der Waals surface area contributed by atoms with E-state index < -0.39 is 0 Å². The SMILES string of the molecule is c1ccc(-n2c3ccccc3c3c4ncccc4c4c5ccccc5n(-c5ccc6c7ccccc7c7ccccc7c6c5)c4c32)cc1. The van der Waals surface area contributed by atoms with Gasteiger partial charge in [-0.05, 0) is 74.8 Å². The van der Waals surface area contributed by atoms with Crippen LogP contribution < -0.4 is 0 Å². The fourth-order valence-electron chi connectivity index (χ4n) is 8.40. The Labute approximate surface area is 275 Å². The van der Waals surface area contributed by atoms with Crippen molar-refractivity contribution in [2.24, 2.45) is 0 Å². The maximum absolute atomic E-state index is 5.09. The van der Waals surface area contributed by atoms with Gasteiger partial charge in [0.2, 0.25) is 0 Å². The molecule has 0 saturated carbocycles. The number of aromatic nitrogens is 3. The first-order chi connectivity index (χ1) is 23.9. The van der Waals surface area contributed by atoms with Crippen molar-refractivity contribution in [2.75, 3.05) is 0 Å². The summed E-state index contributed by atoms with van der Waals surface area (Å²) in [5.41, 5.74) is 8.02. The molecular weight excluding hydrogens is 583 g/mol. The van der Waals surface area contributed by atoms with Crippen LogP contribution in [0.15, 0.2) is 164 Å². The van der Waals surface area contributed by atoms with Crippen molar-refractivity contribution in [3.05, 3.63) is 164 Å². The van der Waals surface area contributed by atoms with Crippen molar-refractivity contribution < 1.29 is 0 Å². The molecular formula is C45H27N3. The lowest BCUT2D eigenvalue weighted by atomic mass is 9.94. The van der Waals surface area contributed by atoms with Crippen molar-refractivity contribution in [1.82, 2.24) is 14.1 Å². The average molecular weight is 610 g/mol. The van der Waals surface area contributed by atoms with Crippen LogP contribution in [-0.2, 0) is 0 Å². The second-order valence-electron chi connectivity index (χ2n) is 12.7. The highest BCUT2D eigenvalue weighted by atomic mass is 15.0. The lowest BCUT2D eigenvalue weighted by Crippen LogP contribution is -1.99. The van der Waals surface area contributed by atoms with E-state index in [1.165, 1.54) is 81.3 Å². The molecule has 0 aliphatic carbocycles. The summed E-state index contributed by atoms with van der Waals surface area (Å²) >= 11 is 0. The Morgan fingerprint density at radius 3 is 1.48 bits per heavy atom. The largest absolute Gasteiger partial charge is 0.307 e. The molecule has 0 fully saturated rings. The highest BCUT2D eigenvalue weighted by molar-refractivity contribution is 6.36. The number of nitrogens with zero attached hydrogens (tertiary/aromatic N) is 3. The summed E-state index contributed by atoms with van der Waals surface area (Å²) < 4.78 is 4.95. The minimum absolute atomic E-state index is 1.03. The summed E-state index contributed by atoms with van der Waals surface area (Å²) in [6, 6.07) is 57.4. The van der Waals surface area contributed by atoms with Crippen LogP contribution in [0.25, 0.3) is 98.2 Å². The maximum Gasteiger partial charge on any atom is 0.0811 e. The molecule has 0 unspecified atom stereocenters. The summed E-state index contributed by atoms with van der Waals surface area (Å²) in [5, 5.41) is 13.7. The molecule has 0 saturated heterocycles. The highest BCUT2D eigenvalue weighted by Crippen LogP contribution is 2.46. The van der Waals surface area contributed by atoms with E-state index >= 15 is 0 Å². The zero-order valence-corrected chi connectivity index (χ0v) is 25.9. The Balaban J connectivity index is 1.41. The third-order valence-electron chi connectivity index (χ3n) is 10.3. The van der Waals surface area contributed by atoms with Crippen LogP contribution in [0.3, 0.4) is 0 Å². The molecule has 222 valence electrons. The number of para-hydroxylation sites is 3. The van der Waals surface area contributed by atoms with E-state index in [1.54, 1.807) is 0 Å². The van der Waals surface area contributed by atoms with Crippen molar-refractivity contribution in [2.45, 2.75) is 0 Å². The van der Waals surface area contributed by atoms with Crippen LogP contribution >= 0.6 is 0 Å². The van der Waals surface area contributed by atoms with Crippen LogP contribution in [0.4, 0.5) is 0 Å². The molecule has 3 aromatic heterocycles. The van der Waals surface area contributed by atoms with Gasteiger partial charge in [0, 0.05) is 44.5 Å². The summed E-state index contributed by atoms with van der Waals surface area (Å²) in [7, 11) is 0. The van der Waals surface area contributed by atoms with Gasteiger partial charge in [0.05, 0.1) is 27.6 Å². The first-order valence-electron chi connectivity index (χ1n) is 16.5. The van der Waals surface area contributed by atoms with Gasteiger partial charge in [-0.3, -0.25) is 4.98 Å². The monoisotopic (exact) mass is 609 g/mol. The van der Waals surface area contributed by atoms with E-state index in [0.29, 0.717) is 0 Å². The Kier molecular flexibility index (Phi) is 5.11. The van der Waals surface area contributed by atoms with E-state index in [2.05, 4.69) is 167 Å². The van der Waals surface area contributed by atoms with Crippen LogP contribution in [0.1, 0.15) is 0 Å². The summed E-state index contributed by atoms with van der Waals surface area (Å²) in [5.74, 6) is 0. The van der Waals surface area contributed by atoms with E-state index in [4.69, 9.17) is 4.98 Å². The average Bonchev–Trinajstić information content (AvgIpc) is 3.69. The summed E-state index contributed by atoms with van der Waals surface area (Å²) in [6.07, 6.45) is 1.93. The van der Waals surface area contributed by atoms with Crippen molar-refractivity contribution in [1.29, 1.82) is 0 Å². The van der Waals surface area contributed by atoms with Gasteiger partial charge < -0.3 is 9.13 Å². The molecule has 0 aliphatic heterocycles. The van der Waals surface area contributed by atoms with Gasteiger partial charge in [0.15, 0.2) is 0 Å². The van der Waals surface area contributed by atoms with Gasteiger partial charge in [0.25, 0.3) is 0 Å². The Hall–Kier alpha value is -6.45. The predicted octanol–water partition coefficient (Wildman–Crippen LogP) is 11.9. The van der Waals surface area contributed by atoms with Crippen molar-refractivity contribution in [3.63, 3.8) is 0 Å². The first-order valence-corrected chi connectivity index (χ1v) is 16.5. The highest BCUT2D eigenvalue weighted by Gasteiger charge is 2.25. The molecule has 8 aromatic carbocycles. The topological polar surface area (TPSA) is 22.8 Å². The molecule has 0 radical (unpaired) electrons. The third-order valence-corrected chi connectivity index (χ3v) is 10.3. The van der Waals surface area contributed by atoms with Gasteiger partial charge in [-0.25, -0.2) is 0 Å². The van der Waals surface area contributed by atoms with Gasteiger partial charge in [-0.2, -0.15) is 0 Å². The molecule has 0 N–H and O–H groups in total. The van der Waals surface area contributed by atoms with Gasteiger partial charge in [-0.1, -0.05) is 115 Å². The summed E-state index contributed by atoms with van der Waals surface area (Å²) in [6.45, 7) is 0. The van der Waals surface area contributed by atoms with Crippen LogP contribution in [0.5, 0.6) is 0 Å². The molecule has 3 heteroatoms. The minimum atomic E-state index is 1.03. The van der Waals surface area contributed by atoms with E-state index in [9.17, 15) is 0 Å². The molecule has 0 aliphatic rings. The summed E-state index contributed by atoms with van der Waals surface area (Å²) in [4.78, 5) is 5.09.